The summed E-state index contributed by atoms with van der Waals surface area (Å²) in [7, 11) is 4.49. The topological polar surface area (TPSA) is 122 Å². The Morgan fingerprint density at radius 1 is 1.13 bits per heavy atom. The van der Waals surface area contributed by atoms with Crippen LogP contribution in [0.2, 0.25) is 0 Å². The van der Waals surface area contributed by atoms with Crippen LogP contribution in [0.4, 0.5) is 5.69 Å². The zero-order chi connectivity index (χ0) is 21.5. The first-order valence-corrected chi connectivity index (χ1v) is 8.99. The molecule has 3 N–H and O–H groups in total. The van der Waals surface area contributed by atoms with Crippen molar-refractivity contribution in [3.63, 3.8) is 0 Å². The average molecular weight is 413 g/mol. The number of nitrogens with one attached hydrogen (secondary N) is 1. The van der Waals surface area contributed by atoms with Gasteiger partial charge in [0.25, 0.3) is 5.91 Å². The van der Waals surface area contributed by atoms with E-state index in [2.05, 4.69) is 15.5 Å². The van der Waals surface area contributed by atoms with E-state index in [4.69, 9.17) is 24.8 Å². The molecular weight excluding hydrogens is 390 g/mol. The van der Waals surface area contributed by atoms with Gasteiger partial charge in [-0.2, -0.15) is 0 Å². The van der Waals surface area contributed by atoms with E-state index in [-0.39, 0.29) is 19.0 Å². The van der Waals surface area contributed by atoms with Crippen LogP contribution in [0.5, 0.6) is 17.2 Å². The average Bonchev–Trinajstić information content (AvgIpc) is 3.15. The third kappa shape index (κ3) is 4.72. The van der Waals surface area contributed by atoms with Gasteiger partial charge in [0, 0.05) is 17.8 Å². The Balaban J connectivity index is 1.58. The minimum Gasteiger partial charge on any atom is -0.493 e. The van der Waals surface area contributed by atoms with Gasteiger partial charge >= 0.3 is 0 Å². The van der Waals surface area contributed by atoms with Gasteiger partial charge in [-0.3, -0.25) is 4.79 Å². The van der Waals surface area contributed by atoms with Gasteiger partial charge in [0.15, 0.2) is 23.9 Å². The Kier molecular flexibility index (Phi) is 6.58. The molecule has 10 heteroatoms. The van der Waals surface area contributed by atoms with Gasteiger partial charge in [0.2, 0.25) is 5.75 Å². The number of carbonyl (C=O) groups excluding carboxylic acids is 1. The van der Waals surface area contributed by atoms with Crippen molar-refractivity contribution in [1.29, 1.82) is 0 Å². The molecule has 0 saturated heterocycles. The van der Waals surface area contributed by atoms with Crippen molar-refractivity contribution in [3.05, 3.63) is 42.7 Å². The molecule has 0 spiro atoms. The van der Waals surface area contributed by atoms with Crippen molar-refractivity contribution >= 4 is 28.5 Å². The van der Waals surface area contributed by atoms with Crippen LogP contribution >= 0.6 is 0 Å². The lowest BCUT2D eigenvalue weighted by molar-refractivity contribution is -0.120. The van der Waals surface area contributed by atoms with Crippen molar-refractivity contribution in [2.24, 2.45) is 10.9 Å². The Hall–Kier alpha value is -3.95. The molecule has 0 saturated carbocycles. The molecule has 0 atom stereocenters. The molecule has 0 aliphatic heterocycles. The number of ether oxygens (including phenoxy) is 3. The number of oxime groups is 1. The number of aromatic nitrogens is 2. The predicted molar refractivity (Wildman–Crippen MR) is 112 cm³/mol. The van der Waals surface area contributed by atoms with Crippen molar-refractivity contribution in [3.8, 4) is 17.2 Å². The number of rotatable bonds is 9. The summed E-state index contributed by atoms with van der Waals surface area (Å²) in [4.78, 5) is 21.5. The second-order valence-corrected chi connectivity index (χ2v) is 6.18. The van der Waals surface area contributed by atoms with E-state index in [0.717, 1.165) is 11.0 Å². The fraction of sp³-hybridized carbons (Fsp3) is 0.250. The van der Waals surface area contributed by atoms with Crippen LogP contribution in [0.3, 0.4) is 0 Å². The molecule has 0 aliphatic rings. The zero-order valence-electron chi connectivity index (χ0n) is 16.9. The maximum atomic E-state index is 12.2. The van der Waals surface area contributed by atoms with Crippen LogP contribution in [0.25, 0.3) is 11.0 Å². The summed E-state index contributed by atoms with van der Waals surface area (Å²) in [6, 6.07) is 10.9. The molecule has 1 aromatic heterocycles. The fourth-order valence-electron chi connectivity index (χ4n) is 2.86. The van der Waals surface area contributed by atoms with Gasteiger partial charge in [-0.25, -0.2) is 4.98 Å². The lowest BCUT2D eigenvalue weighted by atomic mass is 10.2. The normalized spacial score (nSPS) is 11.2. The summed E-state index contributed by atoms with van der Waals surface area (Å²) in [5.74, 6) is 1.05. The molecule has 2 aromatic carbocycles. The lowest BCUT2D eigenvalue weighted by Gasteiger charge is -2.14. The molecule has 0 fully saturated rings. The highest BCUT2D eigenvalue weighted by Gasteiger charge is 2.14. The van der Waals surface area contributed by atoms with E-state index >= 15 is 0 Å². The van der Waals surface area contributed by atoms with Crippen LogP contribution in [-0.2, 0) is 16.2 Å². The van der Waals surface area contributed by atoms with Gasteiger partial charge in [-0.05, 0) is 12.1 Å². The molecule has 0 bridgehead atoms. The summed E-state index contributed by atoms with van der Waals surface area (Å²) in [5.41, 5.74) is 8.14. The van der Waals surface area contributed by atoms with E-state index in [0.29, 0.717) is 22.9 Å². The number of imidazole rings is 1. The van der Waals surface area contributed by atoms with E-state index in [9.17, 15) is 4.79 Å². The third-order valence-electron chi connectivity index (χ3n) is 4.19. The van der Waals surface area contributed by atoms with E-state index in [1.54, 1.807) is 18.5 Å². The predicted octanol–water partition coefficient (Wildman–Crippen LogP) is 1.99. The molecule has 1 amide bonds. The standard InChI is InChI=1S/C20H23N5O5/c1-27-16-8-13(9-17(28-2)20(16)29-3)23-19(26)11-30-24-18(21)10-25-12-22-14-6-4-5-7-15(14)25/h4-9,12H,10-11H2,1-3H3,(H2,21,24)(H,23,26). The van der Waals surface area contributed by atoms with Crippen molar-refractivity contribution in [2.75, 3.05) is 33.3 Å². The van der Waals surface area contributed by atoms with Crippen molar-refractivity contribution in [1.82, 2.24) is 9.55 Å². The van der Waals surface area contributed by atoms with Gasteiger partial charge in [0.05, 0.1) is 45.2 Å². The Bertz CT molecular complexity index is 1040. The summed E-state index contributed by atoms with van der Waals surface area (Å²) < 4.78 is 17.6. The minimum absolute atomic E-state index is 0.207. The number of hydrogen-bond acceptors (Lipinski definition) is 7. The molecule has 0 radical (unpaired) electrons. The SMILES string of the molecule is COc1cc(NC(=O)CON=C(N)Cn2cnc3ccccc32)cc(OC)c1OC. The number of fused-ring (bicyclic) bond motifs is 1. The summed E-state index contributed by atoms with van der Waals surface area (Å²) in [5, 5.41) is 6.48. The highest BCUT2D eigenvalue weighted by molar-refractivity contribution is 5.92. The number of amides is 1. The highest BCUT2D eigenvalue weighted by Crippen LogP contribution is 2.39. The smallest absolute Gasteiger partial charge is 0.265 e. The largest absolute Gasteiger partial charge is 0.493 e. The summed E-state index contributed by atoms with van der Waals surface area (Å²) in [6.45, 7) is -0.0307. The number of para-hydroxylation sites is 2. The fourth-order valence-corrected chi connectivity index (χ4v) is 2.86. The molecule has 30 heavy (non-hydrogen) atoms. The van der Waals surface area contributed by atoms with Crippen LogP contribution in [0.15, 0.2) is 47.9 Å². The van der Waals surface area contributed by atoms with E-state index in [1.807, 2.05) is 28.8 Å². The van der Waals surface area contributed by atoms with Gasteiger partial charge < -0.3 is 34.7 Å². The number of methoxy groups -OCH3 is 3. The third-order valence-corrected chi connectivity index (χ3v) is 4.19. The van der Waals surface area contributed by atoms with Crippen molar-refractivity contribution < 1.29 is 23.8 Å². The van der Waals surface area contributed by atoms with E-state index < -0.39 is 5.91 Å². The lowest BCUT2D eigenvalue weighted by Crippen LogP contribution is -2.22. The van der Waals surface area contributed by atoms with Gasteiger partial charge in [-0.1, -0.05) is 17.3 Å². The summed E-state index contributed by atoms with van der Waals surface area (Å²) >= 11 is 0. The molecule has 10 nitrogen and oxygen atoms in total. The zero-order valence-corrected chi connectivity index (χ0v) is 16.9. The Morgan fingerprint density at radius 3 is 2.50 bits per heavy atom. The molecule has 0 aliphatic carbocycles. The second-order valence-electron chi connectivity index (χ2n) is 6.18. The quantitative estimate of drug-likeness (QED) is 0.312. The molecular formula is C20H23N5O5. The molecule has 3 aromatic rings. The Morgan fingerprint density at radius 2 is 1.83 bits per heavy atom. The molecule has 1 heterocycles. The molecule has 158 valence electrons. The number of amidine groups is 1. The van der Waals surface area contributed by atoms with Crippen LogP contribution in [-0.4, -0.2) is 49.2 Å². The first kappa shape index (κ1) is 20.8. The Labute approximate surface area is 173 Å². The summed E-state index contributed by atoms with van der Waals surface area (Å²) in [6.07, 6.45) is 1.67. The number of nitrogens with two attached hydrogens (primary N) is 1. The first-order chi connectivity index (χ1) is 14.5. The van der Waals surface area contributed by atoms with Crippen LogP contribution < -0.4 is 25.3 Å². The van der Waals surface area contributed by atoms with Gasteiger partial charge in [-0.15, -0.1) is 0 Å². The monoisotopic (exact) mass is 413 g/mol. The van der Waals surface area contributed by atoms with E-state index in [1.165, 1.54) is 21.3 Å². The first-order valence-electron chi connectivity index (χ1n) is 8.99. The second kappa shape index (κ2) is 9.50. The number of carbonyl (C=O) groups is 1. The number of anilines is 1. The van der Waals surface area contributed by atoms with Crippen LogP contribution in [0.1, 0.15) is 0 Å². The van der Waals surface area contributed by atoms with Gasteiger partial charge in [0.1, 0.15) is 0 Å². The number of nitrogens with zero attached hydrogens (tertiary/aromatic N) is 3. The molecule has 0 unspecified atom stereocenters. The minimum atomic E-state index is -0.422. The van der Waals surface area contributed by atoms with Crippen molar-refractivity contribution in [2.45, 2.75) is 6.54 Å². The van der Waals surface area contributed by atoms with Crippen LogP contribution in [0, 0.1) is 0 Å². The highest BCUT2D eigenvalue weighted by atomic mass is 16.6. The molecule has 3 rings (SSSR count). The number of hydrogen-bond donors (Lipinski definition) is 2. The number of benzene rings is 2. The maximum absolute atomic E-state index is 12.2. The maximum Gasteiger partial charge on any atom is 0.265 e.